The number of benzene rings is 2. The third-order valence-corrected chi connectivity index (χ3v) is 4.40. The van der Waals surface area contributed by atoms with Crippen molar-refractivity contribution in [3.8, 4) is 5.69 Å². The predicted molar refractivity (Wildman–Crippen MR) is 101 cm³/mol. The standard InChI is InChI=1S/C21H22FN3O2/c1-15-11-20(24-25(15)18-8-3-2-4-9-18)21(27)23-13-16(14-26)12-17-7-5-6-10-19(17)22/h2-11,16,26H,12-14H2,1H3,(H,23,27)/t16-/m0/s1. The molecule has 0 saturated carbocycles. The fourth-order valence-electron chi connectivity index (χ4n) is 2.92. The number of halogens is 1. The Morgan fingerprint density at radius 2 is 1.89 bits per heavy atom. The maximum atomic E-state index is 13.8. The van der Waals surface area contributed by atoms with Crippen LogP contribution in [0.4, 0.5) is 4.39 Å². The van der Waals surface area contributed by atoms with Gasteiger partial charge in [0.25, 0.3) is 5.91 Å². The predicted octanol–water partition coefficient (Wildman–Crippen LogP) is 2.90. The van der Waals surface area contributed by atoms with Gasteiger partial charge in [-0.05, 0) is 43.2 Å². The summed E-state index contributed by atoms with van der Waals surface area (Å²) in [5.74, 6) is -0.901. The second-order valence-electron chi connectivity index (χ2n) is 6.47. The zero-order chi connectivity index (χ0) is 19.2. The summed E-state index contributed by atoms with van der Waals surface area (Å²) in [5.41, 5.74) is 2.55. The Bertz CT molecular complexity index is 909. The molecule has 3 rings (SSSR count). The first-order chi connectivity index (χ1) is 13.1. The Morgan fingerprint density at radius 1 is 1.19 bits per heavy atom. The van der Waals surface area contributed by atoms with Gasteiger partial charge in [0.15, 0.2) is 5.69 Å². The first kappa shape index (κ1) is 18.8. The van der Waals surface area contributed by atoms with Gasteiger partial charge in [0, 0.05) is 24.8 Å². The summed E-state index contributed by atoms with van der Waals surface area (Å²) in [5, 5.41) is 16.7. The van der Waals surface area contributed by atoms with E-state index in [-0.39, 0.29) is 30.8 Å². The van der Waals surface area contributed by atoms with Gasteiger partial charge in [-0.3, -0.25) is 4.79 Å². The molecule has 1 aromatic heterocycles. The molecule has 0 aliphatic heterocycles. The SMILES string of the molecule is Cc1cc(C(=O)NC[C@@H](CO)Cc2ccccc2F)nn1-c1ccccc1. The number of para-hydroxylation sites is 1. The summed E-state index contributed by atoms with van der Waals surface area (Å²) < 4.78 is 15.5. The van der Waals surface area contributed by atoms with Crippen molar-refractivity contribution in [2.75, 3.05) is 13.2 Å². The van der Waals surface area contributed by atoms with Gasteiger partial charge in [0.2, 0.25) is 0 Å². The van der Waals surface area contributed by atoms with Gasteiger partial charge >= 0.3 is 0 Å². The number of aliphatic hydroxyl groups excluding tert-OH is 1. The number of aliphatic hydroxyl groups is 1. The average Bonchev–Trinajstić information content (AvgIpc) is 3.09. The molecule has 0 aliphatic carbocycles. The number of amides is 1. The summed E-state index contributed by atoms with van der Waals surface area (Å²) in [4.78, 5) is 12.4. The van der Waals surface area contributed by atoms with E-state index in [2.05, 4.69) is 10.4 Å². The molecule has 2 N–H and O–H groups in total. The fraction of sp³-hybridized carbons (Fsp3) is 0.238. The highest BCUT2D eigenvalue weighted by molar-refractivity contribution is 5.92. The van der Waals surface area contributed by atoms with E-state index < -0.39 is 0 Å². The van der Waals surface area contributed by atoms with Gasteiger partial charge in [-0.1, -0.05) is 36.4 Å². The minimum atomic E-state index is -0.320. The lowest BCUT2D eigenvalue weighted by Crippen LogP contribution is -2.32. The largest absolute Gasteiger partial charge is 0.396 e. The van der Waals surface area contributed by atoms with Crippen molar-refractivity contribution >= 4 is 5.91 Å². The highest BCUT2D eigenvalue weighted by Gasteiger charge is 2.16. The van der Waals surface area contributed by atoms with Gasteiger partial charge in [0.05, 0.1) is 5.69 Å². The number of hydrogen-bond donors (Lipinski definition) is 2. The summed E-state index contributed by atoms with van der Waals surface area (Å²) in [6.45, 7) is 1.97. The molecule has 27 heavy (non-hydrogen) atoms. The van der Waals surface area contributed by atoms with Crippen molar-refractivity contribution in [3.05, 3.63) is 83.4 Å². The van der Waals surface area contributed by atoms with Gasteiger partial charge in [0.1, 0.15) is 5.82 Å². The van der Waals surface area contributed by atoms with Gasteiger partial charge in [-0.15, -0.1) is 0 Å². The lowest BCUT2D eigenvalue weighted by Gasteiger charge is -2.15. The molecule has 1 heterocycles. The van der Waals surface area contributed by atoms with Gasteiger partial charge in [-0.2, -0.15) is 5.10 Å². The molecule has 0 spiro atoms. The van der Waals surface area contributed by atoms with E-state index in [0.29, 0.717) is 17.7 Å². The smallest absolute Gasteiger partial charge is 0.271 e. The zero-order valence-electron chi connectivity index (χ0n) is 15.1. The summed E-state index contributed by atoms with van der Waals surface area (Å²) in [6, 6.07) is 17.7. The molecule has 3 aromatic rings. The van der Waals surface area contributed by atoms with Crippen LogP contribution in [0.25, 0.3) is 5.69 Å². The number of carbonyl (C=O) groups excluding carboxylic acids is 1. The second-order valence-corrected chi connectivity index (χ2v) is 6.47. The number of aromatic nitrogens is 2. The Morgan fingerprint density at radius 3 is 2.59 bits per heavy atom. The first-order valence-corrected chi connectivity index (χ1v) is 8.83. The lowest BCUT2D eigenvalue weighted by atomic mass is 9.99. The Labute approximate surface area is 157 Å². The molecule has 2 aromatic carbocycles. The molecule has 1 amide bonds. The first-order valence-electron chi connectivity index (χ1n) is 8.83. The van der Waals surface area contributed by atoms with E-state index >= 15 is 0 Å². The molecule has 6 heteroatoms. The minimum absolute atomic E-state index is 0.147. The van der Waals surface area contributed by atoms with E-state index in [0.717, 1.165) is 11.4 Å². The molecule has 0 fully saturated rings. The van der Waals surface area contributed by atoms with E-state index in [1.54, 1.807) is 28.9 Å². The quantitative estimate of drug-likeness (QED) is 0.675. The van der Waals surface area contributed by atoms with Crippen LogP contribution in [-0.4, -0.2) is 33.9 Å². The summed E-state index contributed by atoms with van der Waals surface area (Å²) in [6.07, 6.45) is 0.348. The molecular weight excluding hydrogens is 345 g/mol. The number of nitrogens with zero attached hydrogens (tertiary/aromatic N) is 2. The van der Waals surface area contributed by atoms with Gasteiger partial charge in [-0.25, -0.2) is 9.07 Å². The van der Waals surface area contributed by atoms with Crippen LogP contribution in [0.5, 0.6) is 0 Å². The van der Waals surface area contributed by atoms with Crippen molar-refractivity contribution in [2.24, 2.45) is 5.92 Å². The van der Waals surface area contributed by atoms with E-state index in [1.807, 2.05) is 37.3 Å². The Kier molecular flexibility index (Phi) is 5.98. The van der Waals surface area contributed by atoms with E-state index in [9.17, 15) is 14.3 Å². The monoisotopic (exact) mass is 367 g/mol. The van der Waals surface area contributed by atoms with Crippen molar-refractivity contribution in [1.82, 2.24) is 15.1 Å². The zero-order valence-corrected chi connectivity index (χ0v) is 15.1. The third kappa shape index (κ3) is 4.60. The fourth-order valence-corrected chi connectivity index (χ4v) is 2.92. The van der Waals surface area contributed by atoms with Crippen LogP contribution in [0.15, 0.2) is 60.7 Å². The molecule has 0 aliphatic rings. The maximum absolute atomic E-state index is 13.8. The van der Waals surface area contributed by atoms with Crippen LogP contribution in [0.3, 0.4) is 0 Å². The molecule has 0 radical (unpaired) electrons. The third-order valence-electron chi connectivity index (χ3n) is 4.40. The molecule has 0 saturated heterocycles. The van der Waals surface area contributed by atoms with Crippen molar-refractivity contribution < 1.29 is 14.3 Å². The molecule has 0 bridgehead atoms. The van der Waals surface area contributed by atoms with Crippen LogP contribution in [0.1, 0.15) is 21.7 Å². The molecule has 5 nitrogen and oxygen atoms in total. The van der Waals surface area contributed by atoms with Crippen molar-refractivity contribution in [3.63, 3.8) is 0 Å². The highest BCUT2D eigenvalue weighted by Crippen LogP contribution is 2.14. The normalized spacial score (nSPS) is 12.0. The molecule has 140 valence electrons. The van der Waals surface area contributed by atoms with Crippen molar-refractivity contribution in [1.29, 1.82) is 0 Å². The average molecular weight is 367 g/mol. The van der Waals surface area contributed by atoms with Crippen LogP contribution >= 0.6 is 0 Å². The number of nitrogens with one attached hydrogen (secondary N) is 1. The highest BCUT2D eigenvalue weighted by atomic mass is 19.1. The van der Waals surface area contributed by atoms with Crippen LogP contribution in [0.2, 0.25) is 0 Å². The molecule has 0 unspecified atom stereocenters. The second kappa shape index (κ2) is 8.60. The number of rotatable bonds is 7. The van der Waals surface area contributed by atoms with E-state index in [4.69, 9.17) is 0 Å². The van der Waals surface area contributed by atoms with Crippen molar-refractivity contribution in [2.45, 2.75) is 13.3 Å². The molecule has 1 atom stereocenters. The van der Waals surface area contributed by atoms with Crippen LogP contribution in [0, 0.1) is 18.7 Å². The minimum Gasteiger partial charge on any atom is -0.396 e. The lowest BCUT2D eigenvalue weighted by molar-refractivity contribution is 0.0934. The summed E-state index contributed by atoms with van der Waals surface area (Å²) in [7, 11) is 0. The topological polar surface area (TPSA) is 67.2 Å². The van der Waals surface area contributed by atoms with Crippen LogP contribution < -0.4 is 5.32 Å². The number of aryl methyl sites for hydroxylation is 1. The maximum Gasteiger partial charge on any atom is 0.271 e. The molecular formula is C21H22FN3O2. The van der Waals surface area contributed by atoms with Crippen LogP contribution in [-0.2, 0) is 6.42 Å². The van der Waals surface area contributed by atoms with Gasteiger partial charge < -0.3 is 10.4 Å². The van der Waals surface area contributed by atoms with E-state index in [1.165, 1.54) is 6.07 Å². The number of hydrogen-bond acceptors (Lipinski definition) is 3. The Balaban J connectivity index is 1.64. The number of carbonyl (C=O) groups is 1. The summed E-state index contributed by atoms with van der Waals surface area (Å²) >= 11 is 0. The Hall–Kier alpha value is -2.99.